The van der Waals surface area contributed by atoms with Crippen LogP contribution in [0.4, 0.5) is 0 Å². The Balaban J connectivity index is 1.76. The van der Waals surface area contributed by atoms with Crippen molar-refractivity contribution < 1.29 is 23.9 Å². The van der Waals surface area contributed by atoms with Gasteiger partial charge in [-0.15, -0.1) is 0 Å². The Kier molecular flexibility index (Phi) is 6.98. The number of benzene rings is 3. The quantitative estimate of drug-likeness (QED) is 0.380. The normalized spacial score (nSPS) is 11.5. The topological polar surface area (TPSA) is 69.7 Å². The maximum atomic E-state index is 13.1. The Hall–Kier alpha value is -3.73. The van der Waals surface area contributed by atoms with Crippen molar-refractivity contribution in [2.75, 3.05) is 6.61 Å². The molecule has 3 aromatic carbocycles. The van der Waals surface area contributed by atoms with Gasteiger partial charge in [0.15, 0.2) is 18.5 Å². The van der Waals surface area contributed by atoms with Crippen LogP contribution >= 0.6 is 0 Å². The molecular formula is C26H24O5. The zero-order valence-corrected chi connectivity index (χ0v) is 17.8. The van der Waals surface area contributed by atoms with E-state index in [1.165, 1.54) is 6.92 Å². The Labute approximate surface area is 181 Å². The van der Waals surface area contributed by atoms with E-state index >= 15 is 0 Å². The third kappa shape index (κ3) is 5.89. The largest absolute Gasteiger partial charge is 0.482 e. The summed E-state index contributed by atoms with van der Waals surface area (Å²) in [4.78, 5) is 37.1. The summed E-state index contributed by atoms with van der Waals surface area (Å²) >= 11 is 0. The fourth-order valence-corrected chi connectivity index (χ4v) is 3.00. The van der Waals surface area contributed by atoms with Gasteiger partial charge < -0.3 is 9.47 Å². The van der Waals surface area contributed by atoms with Gasteiger partial charge in [-0.25, -0.2) is 4.79 Å². The highest BCUT2D eigenvalue weighted by Crippen LogP contribution is 2.24. The van der Waals surface area contributed by atoms with E-state index in [0.29, 0.717) is 22.4 Å². The first-order valence-corrected chi connectivity index (χ1v) is 9.94. The first kappa shape index (κ1) is 22.0. The number of esters is 1. The molecule has 0 heterocycles. The summed E-state index contributed by atoms with van der Waals surface area (Å²) in [7, 11) is 0. The van der Waals surface area contributed by atoms with Crippen molar-refractivity contribution in [2.24, 2.45) is 0 Å². The minimum atomic E-state index is -1.08. The third-order valence-electron chi connectivity index (χ3n) is 4.80. The summed E-state index contributed by atoms with van der Waals surface area (Å²) in [6, 6.07) is 20.9. The van der Waals surface area contributed by atoms with Crippen LogP contribution in [0.15, 0.2) is 72.8 Å². The highest BCUT2D eigenvalue weighted by molar-refractivity contribution is 6.01. The van der Waals surface area contributed by atoms with E-state index in [0.717, 1.165) is 11.1 Å². The fraction of sp³-hybridized carbons (Fsp3) is 0.192. The first-order chi connectivity index (χ1) is 14.8. The van der Waals surface area contributed by atoms with Gasteiger partial charge in [0.25, 0.3) is 0 Å². The zero-order valence-electron chi connectivity index (χ0n) is 17.8. The molecule has 0 radical (unpaired) electrons. The number of ether oxygens (including phenoxy) is 2. The third-order valence-corrected chi connectivity index (χ3v) is 4.80. The molecule has 5 nitrogen and oxygen atoms in total. The predicted molar refractivity (Wildman–Crippen MR) is 117 cm³/mol. The van der Waals surface area contributed by atoms with Crippen LogP contribution in [-0.4, -0.2) is 24.1 Å². The smallest absolute Gasteiger partial charge is 0.345 e. The van der Waals surface area contributed by atoms with Gasteiger partial charge >= 0.3 is 5.97 Å². The average molecular weight is 416 g/mol. The van der Waals surface area contributed by atoms with Gasteiger partial charge in [-0.05, 0) is 32.9 Å². The van der Waals surface area contributed by atoms with Gasteiger partial charge in [-0.1, -0.05) is 71.8 Å². The molecule has 0 spiro atoms. The highest BCUT2D eigenvalue weighted by atomic mass is 16.6. The van der Waals surface area contributed by atoms with Crippen LogP contribution in [0.1, 0.15) is 50.4 Å². The van der Waals surface area contributed by atoms with Crippen molar-refractivity contribution in [3.63, 3.8) is 0 Å². The van der Waals surface area contributed by atoms with Crippen molar-refractivity contribution >= 4 is 17.5 Å². The molecule has 0 aromatic heterocycles. The molecule has 3 rings (SSSR count). The van der Waals surface area contributed by atoms with Gasteiger partial charge in [-0.2, -0.15) is 0 Å². The Bertz CT molecular complexity index is 1080. The lowest BCUT2D eigenvalue weighted by atomic mass is 9.98. The Morgan fingerprint density at radius 2 is 1.42 bits per heavy atom. The van der Waals surface area contributed by atoms with E-state index in [-0.39, 0.29) is 18.2 Å². The van der Waals surface area contributed by atoms with Crippen LogP contribution in [0, 0.1) is 13.8 Å². The number of carbonyl (C=O) groups excluding carboxylic acids is 3. The molecule has 158 valence electrons. The van der Waals surface area contributed by atoms with Crippen molar-refractivity contribution in [1.82, 2.24) is 0 Å². The molecule has 1 unspecified atom stereocenters. The molecule has 3 aromatic rings. The molecular weight excluding hydrogens is 392 g/mol. The molecule has 0 saturated heterocycles. The number of carbonyl (C=O) groups is 3. The molecule has 0 amide bonds. The molecule has 0 aliphatic carbocycles. The lowest BCUT2D eigenvalue weighted by Gasteiger charge is -2.18. The van der Waals surface area contributed by atoms with Gasteiger partial charge in [0.1, 0.15) is 5.75 Å². The van der Waals surface area contributed by atoms with Gasteiger partial charge in [0, 0.05) is 16.7 Å². The van der Waals surface area contributed by atoms with Crippen LogP contribution in [0.5, 0.6) is 5.75 Å². The molecule has 0 N–H and O–H groups in total. The van der Waals surface area contributed by atoms with Gasteiger partial charge in [-0.3, -0.25) is 9.59 Å². The molecule has 0 bridgehead atoms. The summed E-state index contributed by atoms with van der Waals surface area (Å²) in [5.41, 5.74) is 3.59. The summed E-state index contributed by atoms with van der Waals surface area (Å²) in [5, 5.41) is 0. The highest BCUT2D eigenvalue weighted by Gasteiger charge is 2.26. The maximum Gasteiger partial charge on any atom is 0.345 e. The molecule has 0 aliphatic heterocycles. The summed E-state index contributed by atoms with van der Waals surface area (Å²) < 4.78 is 11.0. The first-order valence-electron chi connectivity index (χ1n) is 9.94. The van der Waals surface area contributed by atoms with Crippen LogP contribution < -0.4 is 4.74 Å². The standard InChI is InChI=1S/C26H24O5/c1-17-7-11-20(12-8-17)25(29)26(21-13-9-18(2)10-14-21)31-24(28)16-30-23-6-4-5-22(15-23)19(3)27/h4-15,26H,16H2,1-3H3. The van der Waals surface area contributed by atoms with Crippen molar-refractivity contribution in [3.05, 3.63) is 101 Å². The second-order valence-electron chi connectivity index (χ2n) is 7.38. The molecule has 31 heavy (non-hydrogen) atoms. The number of aryl methyl sites for hydroxylation is 2. The summed E-state index contributed by atoms with van der Waals surface area (Å²) in [6.07, 6.45) is -1.08. The second kappa shape index (κ2) is 9.85. The van der Waals surface area contributed by atoms with Crippen LogP contribution in [0.25, 0.3) is 0 Å². The number of rotatable bonds is 8. The Morgan fingerprint density at radius 1 is 0.806 bits per heavy atom. The second-order valence-corrected chi connectivity index (χ2v) is 7.38. The van der Waals surface area contributed by atoms with Gasteiger partial charge in [0.2, 0.25) is 5.78 Å². The van der Waals surface area contributed by atoms with Crippen LogP contribution in [0.3, 0.4) is 0 Å². The SMILES string of the molecule is CC(=O)c1cccc(OCC(=O)OC(C(=O)c2ccc(C)cc2)c2ccc(C)cc2)c1. The molecule has 5 heteroatoms. The minimum Gasteiger partial charge on any atom is -0.482 e. The van der Waals surface area contributed by atoms with E-state index in [1.54, 1.807) is 48.5 Å². The van der Waals surface area contributed by atoms with E-state index in [2.05, 4.69) is 0 Å². The summed E-state index contributed by atoms with van der Waals surface area (Å²) in [5.74, 6) is -0.715. The van der Waals surface area contributed by atoms with Crippen molar-refractivity contribution in [3.8, 4) is 5.75 Å². The monoisotopic (exact) mass is 416 g/mol. The van der Waals surface area contributed by atoms with Crippen molar-refractivity contribution in [1.29, 1.82) is 0 Å². The molecule has 0 aliphatic rings. The van der Waals surface area contributed by atoms with E-state index in [4.69, 9.17) is 9.47 Å². The van der Waals surface area contributed by atoms with Crippen molar-refractivity contribution in [2.45, 2.75) is 26.9 Å². The average Bonchev–Trinajstić information content (AvgIpc) is 2.77. The molecule has 1 atom stereocenters. The van der Waals surface area contributed by atoms with Crippen LogP contribution in [0.2, 0.25) is 0 Å². The lowest BCUT2D eigenvalue weighted by Crippen LogP contribution is -2.23. The summed E-state index contributed by atoms with van der Waals surface area (Å²) in [6.45, 7) is 4.95. The van der Waals surface area contributed by atoms with E-state index in [9.17, 15) is 14.4 Å². The predicted octanol–water partition coefficient (Wildman–Crippen LogP) is 5.05. The zero-order chi connectivity index (χ0) is 22.4. The maximum absolute atomic E-state index is 13.1. The Morgan fingerprint density at radius 3 is 2.03 bits per heavy atom. The minimum absolute atomic E-state index is 0.101. The number of hydrogen-bond acceptors (Lipinski definition) is 5. The van der Waals surface area contributed by atoms with E-state index in [1.807, 2.05) is 38.1 Å². The van der Waals surface area contributed by atoms with Crippen LogP contribution in [-0.2, 0) is 9.53 Å². The van der Waals surface area contributed by atoms with Gasteiger partial charge in [0.05, 0.1) is 0 Å². The molecule has 0 saturated carbocycles. The number of ketones is 2. The lowest BCUT2D eigenvalue weighted by molar-refractivity contribution is -0.149. The number of Topliss-reactive ketones (excluding diaryl/α,β-unsaturated/α-hetero) is 2. The number of hydrogen-bond donors (Lipinski definition) is 0. The van der Waals surface area contributed by atoms with E-state index < -0.39 is 12.1 Å². The fourth-order valence-electron chi connectivity index (χ4n) is 3.00. The molecule has 0 fully saturated rings.